The van der Waals surface area contributed by atoms with E-state index in [0.717, 1.165) is 0 Å². The molecule has 2 rings (SSSR count). The largest absolute Gasteiger partial charge is 0.305 e. The van der Waals surface area contributed by atoms with Crippen LogP contribution in [0.5, 0.6) is 0 Å². The topological polar surface area (TPSA) is 23.9 Å². The first-order valence-corrected chi connectivity index (χ1v) is 4.58. The van der Waals surface area contributed by atoms with Gasteiger partial charge in [-0.1, -0.05) is 18.2 Å². The Kier molecular flexibility index (Phi) is 1.91. The van der Waals surface area contributed by atoms with Crippen molar-refractivity contribution in [3.8, 4) is 0 Å². The highest BCUT2D eigenvalue weighted by Crippen LogP contribution is 2.42. The molecule has 3 heteroatoms. The summed E-state index contributed by atoms with van der Waals surface area (Å²) in [6.45, 7) is 1.63. The van der Waals surface area contributed by atoms with Crippen molar-refractivity contribution in [2.24, 2.45) is 0 Å². The summed E-state index contributed by atoms with van der Waals surface area (Å²) in [7, 11) is 0. The monoisotopic (exact) mass is 195 g/mol. The molecule has 1 aliphatic rings. The Morgan fingerprint density at radius 1 is 1.43 bits per heavy atom. The van der Waals surface area contributed by atoms with Crippen LogP contribution in [0.3, 0.4) is 0 Å². The van der Waals surface area contributed by atoms with Crippen LogP contribution in [0.4, 0.5) is 8.78 Å². The second kappa shape index (κ2) is 2.87. The van der Waals surface area contributed by atoms with Gasteiger partial charge >= 0.3 is 0 Å². The summed E-state index contributed by atoms with van der Waals surface area (Å²) >= 11 is 0. The Morgan fingerprint density at radius 2 is 2.14 bits per heavy atom. The molecule has 0 aromatic heterocycles. The molecular weight excluding hydrogens is 184 g/mol. The van der Waals surface area contributed by atoms with E-state index in [-0.39, 0.29) is 12.0 Å². The Bertz CT molecular complexity index is 396. The average Bonchev–Trinajstić information content (AvgIpc) is 2.42. The molecule has 0 saturated carbocycles. The number of alkyl halides is 2. The van der Waals surface area contributed by atoms with Crippen molar-refractivity contribution in [2.75, 3.05) is 0 Å². The standard InChI is InChI=1S/C11H11F2N/c1-7(14)8-3-2-4-10-9(8)5-6-11(10,12)13/h2-4,14H,5-6H2,1H3. The molecule has 0 radical (unpaired) electrons. The molecule has 0 spiro atoms. The van der Waals surface area contributed by atoms with Crippen molar-refractivity contribution >= 4 is 5.71 Å². The Hall–Kier alpha value is -1.25. The molecule has 1 aliphatic carbocycles. The van der Waals surface area contributed by atoms with Crippen LogP contribution < -0.4 is 0 Å². The number of hydrogen-bond acceptors (Lipinski definition) is 1. The molecule has 74 valence electrons. The fourth-order valence-electron chi connectivity index (χ4n) is 1.97. The SMILES string of the molecule is CC(=N)c1cccc2c1CCC2(F)F. The van der Waals surface area contributed by atoms with Gasteiger partial charge in [0.2, 0.25) is 0 Å². The third kappa shape index (κ3) is 1.24. The molecule has 0 fully saturated rings. The van der Waals surface area contributed by atoms with Crippen LogP contribution in [-0.4, -0.2) is 5.71 Å². The predicted octanol–water partition coefficient (Wildman–Crippen LogP) is 3.11. The molecule has 0 heterocycles. The minimum Gasteiger partial charge on any atom is -0.305 e. The van der Waals surface area contributed by atoms with Gasteiger partial charge in [0.05, 0.1) is 0 Å². The summed E-state index contributed by atoms with van der Waals surface area (Å²) in [5.41, 5.74) is 1.80. The van der Waals surface area contributed by atoms with Crippen molar-refractivity contribution in [2.45, 2.75) is 25.7 Å². The molecule has 0 aliphatic heterocycles. The highest BCUT2D eigenvalue weighted by Gasteiger charge is 2.39. The third-order valence-electron chi connectivity index (χ3n) is 2.66. The quantitative estimate of drug-likeness (QED) is 0.666. The lowest BCUT2D eigenvalue weighted by Gasteiger charge is -2.11. The Balaban J connectivity index is 2.61. The molecule has 1 nitrogen and oxygen atoms in total. The molecular formula is C11H11F2N. The molecule has 1 aromatic rings. The highest BCUT2D eigenvalue weighted by atomic mass is 19.3. The van der Waals surface area contributed by atoms with E-state index in [9.17, 15) is 8.78 Å². The van der Waals surface area contributed by atoms with Crippen molar-refractivity contribution in [1.29, 1.82) is 5.41 Å². The molecule has 14 heavy (non-hydrogen) atoms. The molecule has 0 atom stereocenters. The van der Waals surface area contributed by atoms with Gasteiger partial charge in [-0.25, -0.2) is 8.78 Å². The van der Waals surface area contributed by atoms with Crippen molar-refractivity contribution < 1.29 is 8.78 Å². The smallest absolute Gasteiger partial charge is 0.273 e. The van der Waals surface area contributed by atoms with Gasteiger partial charge in [0.15, 0.2) is 0 Å². The normalized spacial score (nSPS) is 17.9. The Labute approximate surface area is 81.3 Å². The fourth-order valence-corrected chi connectivity index (χ4v) is 1.97. The first-order valence-electron chi connectivity index (χ1n) is 4.58. The molecule has 0 amide bonds. The van der Waals surface area contributed by atoms with E-state index in [1.54, 1.807) is 19.1 Å². The zero-order valence-electron chi connectivity index (χ0n) is 7.90. The summed E-state index contributed by atoms with van der Waals surface area (Å²) in [6.07, 6.45) is 0.265. The lowest BCUT2D eigenvalue weighted by atomic mass is 10.00. The number of halogens is 2. The lowest BCUT2D eigenvalue weighted by Crippen LogP contribution is -2.08. The maximum Gasteiger partial charge on any atom is 0.273 e. The zero-order chi connectivity index (χ0) is 10.3. The number of rotatable bonds is 1. The van der Waals surface area contributed by atoms with Crippen LogP contribution in [0.1, 0.15) is 30.0 Å². The summed E-state index contributed by atoms with van der Waals surface area (Å²) in [6, 6.07) is 4.81. The van der Waals surface area contributed by atoms with E-state index in [2.05, 4.69) is 0 Å². The summed E-state index contributed by atoms with van der Waals surface area (Å²) in [5.74, 6) is -2.69. The van der Waals surface area contributed by atoms with Gasteiger partial charge in [-0.3, -0.25) is 0 Å². The van der Waals surface area contributed by atoms with Crippen LogP contribution in [-0.2, 0) is 12.3 Å². The third-order valence-corrected chi connectivity index (χ3v) is 2.66. The second-order valence-electron chi connectivity index (χ2n) is 3.66. The van der Waals surface area contributed by atoms with Crippen LogP contribution in [0.15, 0.2) is 18.2 Å². The average molecular weight is 195 g/mol. The first kappa shape index (κ1) is 9.31. The van der Waals surface area contributed by atoms with Gasteiger partial charge in [0.1, 0.15) is 0 Å². The predicted molar refractivity (Wildman–Crippen MR) is 51.2 cm³/mol. The Morgan fingerprint density at radius 3 is 2.79 bits per heavy atom. The number of benzene rings is 1. The number of hydrogen-bond donors (Lipinski definition) is 1. The maximum absolute atomic E-state index is 13.3. The first-order chi connectivity index (χ1) is 6.52. The molecule has 1 N–H and O–H groups in total. The van der Waals surface area contributed by atoms with Gasteiger partial charge < -0.3 is 5.41 Å². The van der Waals surface area contributed by atoms with E-state index in [4.69, 9.17) is 5.41 Å². The number of nitrogens with one attached hydrogen (secondary N) is 1. The van der Waals surface area contributed by atoms with E-state index in [1.165, 1.54) is 6.07 Å². The van der Waals surface area contributed by atoms with Crippen molar-refractivity contribution in [3.63, 3.8) is 0 Å². The molecule has 0 bridgehead atoms. The number of fused-ring (bicyclic) bond motifs is 1. The van der Waals surface area contributed by atoms with Crippen molar-refractivity contribution in [1.82, 2.24) is 0 Å². The molecule has 1 aromatic carbocycles. The maximum atomic E-state index is 13.3. The van der Waals surface area contributed by atoms with E-state index in [0.29, 0.717) is 23.3 Å². The van der Waals surface area contributed by atoms with Gasteiger partial charge in [-0.15, -0.1) is 0 Å². The van der Waals surface area contributed by atoms with Gasteiger partial charge in [0.25, 0.3) is 5.92 Å². The van der Waals surface area contributed by atoms with Crippen molar-refractivity contribution in [3.05, 3.63) is 34.9 Å². The fraction of sp³-hybridized carbons (Fsp3) is 0.364. The van der Waals surface area contributed by atoms with Crippen LogP contribution in [0.25, 0.3) is 0 Å². The van der Waals surface area contributed by atoms with Crippen LogP contribution in [0.2, 0.25) is 0 Å². The summed E-state index contributed by atoms with van der Waals surface area (Å²) in [4.78, 5) is 0. The van der Waals surface area contributed by atoms with Gasteiger partial charge in [-0.05, 0) is 24.5 Å². The van der Waals surface area contributed by atoms with E-state index < -0.39 is 5.92 Å². The van der Waals surface area contributed by atoms with Crippen LogP contribution >= 0.6 is 0 Å². The highest BCUT2D eigenvalue weighted by molar-refractivity contribution is 5.98. The van der Waals surface area contributed by atoms with E-state index in [1.807, 2.05) is 0 Å². The second-order valence-corrected chi connectivity index (χ2v) is 3.66. The lowest BCUT2D eigenvalue weighted by molar-refractivity contribution is -0.00183. The zero-order valence-corrected chi connectivity index (χ0v) is 7.90. The van der Waals surface area contributed by atoms with Gasteiger partial charge in [0, 0.05) is 17.7 Å². The minimum atomic E-state index is -2.69. The van der Waals surface area contributed by atoms with E-state index >= 15 is 0 Å². The summed E-state index contributed by atoms with van der Waals surface area (Å²) < 4.78 is 26.6. The van der Waals surface area contributed by atoms with Gasteiger partial charge in [-0.2, -0.15) is 0 Å². The van der Waals surface area contributed by atoms with Crippen LogP contribution in [0, 0.1) is 5.41 Å². The summed E-state index contributed by atoms with van der Waals surface area (Å²) in [5, 5.41) is 7.49. The minimum absolute atomic E-state index is 0.113. The molecule has 0 saturated heterocycles. The molecule has 0 unspecified atom stereocenters.